The number of hydrogen-bond acceptors (Lipinski definition) is 3. The van der Waals surface area contributed by atoms with E-state index in [-0.39, 0.29) is 0 Å². The molecule has 0 unspecified atom stereocenters. The maximum Gasteiger partial charge on any atom is 0.182 e. The minimum atomic E-state index is 0.620. The van der Waals surface area contributed by atoms with Gasteiger partial charge in [-0.2, -0.15) is 0 Å². The lowest BCUT2D eigenvalue weighted by Crippen LogP contribution is -2.11. The number of aryl methyl sites for hydroxylation is 1. The van der Waals surface area contributed by atoms with E-state index >= 15 is 0 Å². The van der Waals surface area contributed by atoms with Crippen molar-refractivity contribution in [1.82, 2.24) is 19.5 Å². The van der Waals surface area contributed by atoms with E-state index < -0.39 is 0 Å². The van der Waals surface area contributed by atoms with Crippen LogP contribution in [0.15, 0.2) is 146 Å². The highest BCUT2D eigenvalue weighted by Gasteiger charge is 2.19. The monoisotopic (exact) mass is 608 g/mol. The van der Waals surface area contributed by atoms with Crippen molar-refractivity contribution in [3.63, 3.8) is 0 Å². The first-order valence-electron chi connectivity index (χ1n) is 15.2. The summed E-state index contributed by atoms with van der Waals surface area (Å²) in [6, 6.07) is 51.2. The van der Waals surface area contributed by atoms with Gasteiger partial charge in [0.05, 0.1) is 16.7 Å². The zero-order valence-corrected chi connectivity index (χ0v) is 26.2. The molecule has 8 aromatic rings. The van der Waals surface area contributed by atoms with Crippen LogP contribution in [0.2, 0.25) is 0 Å². The molecule has 0 aliphatic carbocycles. The van der Waals surface area contributed by atoms with Crippen LogP contribution in [-0.2, 0) is 0 Å². The fourth-order valence-corrected chi connectivity index (χ4v) is 6.55. The van der Waals surface area contributed by atoms with E-state index in [0.717, 1.165) is 47.2 Å². The van der Waals surface area contributed by atoms with Crippen LogP contribution in [0.25, 0.3) is 72.5 Å². The Bertz CT molecular complexity index is 2390. The number of nitrogens with zero attached hydrogens (tertiary/aromatic N) is 4. The Morgan fingerprint density at radius 2 is 1.13 bits per heavy atom. The fourth-order valence-electron chi connectivity index (χ4n) is 6.22. The van der Waals surface area contributed by atoms with Crippen LogP contribution >= 0.6 is 8.20 Å². The Hall–Kier alpha value is -5.70. The molecule has 0 bridgehead atoms. The van der Waals surface area contributed by atoms with E-state index in [4.69, 9.17) is 15.0 Å². The molecule has 0 saturated heterocycles. The summed E-state index contributed by atoms with van der Waals surface area (Å²) in [6.07, 6.45) is 4.11. The van der Waals surface area contributed by atoms with Crippen LogP contribution in [0.1, 0.15) is 5.56 Å². The molecule has 0 amide bonds. The fraction of sp³-hybridized carbons (Fsp3) is 0.0244. The van der Waals surface area contributed by atoms with Gasteiger partial charge < -0.3 is 4.57 Å². The third-order valence-electron chi connectivity index (χ3n) is 8.41. The Labute approximate surface area is 269 Å². The molecule has 6 aromatic carbocycles. The second-order valence-electron chi connectivity index (χ2n) is 11.4. The van der Waals surface area contributed by atoms with Gasteiger partial charge in [0, 0.05) is 21.9 Å². The number of rotatable bonds is 6. The largest absolute Gasteiger partial charge is 0.309 e. The molecule has 2 aromatic heterocycles. The van der Waals surface area contributed by atoms with Gasteiger partial charge in [-0.05, 0) is 73.8 Å². The quantitative estimate of drug-likeness (QED) is 0.177. The summed E-state index contributed by atoms with van der Waals surface area (Å²) >= 11 is 0. The third-order valence-corrected chi connectivity index (χ3v) is 8.89. The molecule has 5 heteroatoms. The SMILES string of the molecule is C=Pc1nc(-c2ccccc2)nc(-c2cc(-c3cccc(-c4ccccc4)c3)ccc2-n2c3ccccc3c3cc(C)ccc32)n1. The number of fused-ring (bicyclic) bond motifs is 3. The summed E-state index contributed by atoms with van der Waals surface area (Å²) in [5, 5.41) is 2.43. The molecule has 218 valence electrons. The molecule has 0 radical (unpaired) electrons. The van der Waals surface area contributed by atoms with Gasteiger partial charge >= 0.3 is 0 Å². The van der Waals surface area contributed by atoms with Gasteiger partial charge in [0.15, 0.2) is 17.2 Å². The first kappa shape index (κ1) is 27.8. The zero-order chi connectivity index (χ0) is 31.0. The summed E-state index contributed by atoms with van der Waals surface area (Å²) in [6.45, 7) is 2.14. The van der Waals surface area contributed by atoms with Crippen molar-refractivity contribution in [2.75, 3.05) is 0 Å². The molecular weight excluding hydrogens is 579 g/mol. The topological polar surface area (TPSA) is 43.6 Å². The molecule has 46 heavy (non-hydrogen) atoms. The third kappa shape index (κ3) is 4.99. The van der Waals surface area contributed by atoms with Crippen molar-refractivity contribution in [2.24, 2.45) is 0 Å². The maximum atomic E-state index is 5.10. The zero-order valence-electron chi connectivity index (χ0n) is 25.3. The number of para-hydroxylation sites is 1. The Kier molecular flexibility index (Phi) is 7.05. The molecule has 0 N–H and O–H groups in total. The summed E-state index contributed by atoms with van der Waals surface area (Å²) in [5.41, 5.74) is 11.6. The molecule has 0 spiro atoms. The van der Waals surface area contributed by atoms with E-state index in [1.807, 2.05) is 36.4 Å². The predicted octanol–water partition coefficient (Wildman–Crippen LogP) is 9.95. The smallest absolute Gasteiger partial charge is 0.182 e. The Balaban J connectivity index is 1.41. The van der Waals surface area contributed by atoms with Gasteiger partial charge in [-0.1, -0.05) is 121 Å². The van der Waals surface area contributed by atoms with Crippen LogP contribution in [0.4, 0.5) is 0 Å². The van der Waals surface area contributed by atoms with Crippen molar-refractivity contribution in [2.45, 2.75) is 6.92 Å². The van der Waals surface area contributed by atoms with Crippen molar-refractivity contribution in [3.05, 3.63) is 151 Å². The molecule has 0 atom stereocenters. The van der Waals surface area contributed by atoms with Gasteiger partial charge in [-0.25, -0.2) is 15.0 Å². The lowest BCUT2D eigenvalue weighted by molar-refractivity contribution is 1.09. The second-order valence-corrected chi connectivity index (χ2v) is 12.1. The van der Waals surface area contributed by atoms with Crippen molar-refractivity contribution in [1.29, 1.82) is 0 Å². The number of aromatic nitrogens is 4. The normalized spacial score (nSPS) is 11.4. The van der Waals surface area contributed by atoms with Crippen LogP contribution in [0, 0.1) is 6.92 Å². The molecule has 0 fully saturated rings. The van der Waals surface area contributed by atoms with Crippen LogP contribution in [0.3, 0.4) is 0 Å². The molecule has 0 saturated carbocycles. The minimum Gasteiger partial charge on any atom is -0.309 e. The first-order chi connectivity index (χ1) is 22.7. The van der Waals surface area contributed by atoms with Crippen molar-refractivity contribution < 1.29 is 0 Å². The highest BCUT2D eigenvalue weighted by atomic mass is 31.1. The van der Waals surface area contributed by atoms with Gasteiger partial charge in [0.25, 0.3) is 0 Å². The van der Waals surface area contributed by atoms with E-state index in [1.54, 1.807) is 0 Å². The highest BCUT2D eigenvalue weighted by molar-refractivity contribution is 7.44. The molecule has 4 nitrogen and oxygen atoms in total. The summed E-state index contributed by atoms with van der Waals surface area (Å²) in [7, 11) is 0.730. The van der Waals surface area contributed by atoms with E-state index in [9.17, 15) is 0 Å². The molecule has 8 rings (SSSR count). The van der Waals surface area contributed by atoms with E-state index in [1.165, 1.54) is 27.5 Å². The molecule has 2 heterocycles. The molecular formula is C41H29N4P. The molecule has 0 aliphatic rings. The second kappa shape index (κ2) is 11.7. The van der Waals surface area contributed by atoms with Gasteiger partial charge in [-0.3, -0.25) is 0 Å². The standard InChI is InChI=1S/C41H29N4P/c1-27-20-22-37-34(24-27)33-18-9-10-19-36(33)45(37)38-23-21-32(31-17-11-16-30(25-31)28-12-5-3-6-13-28)26-35(38)40-42-39(43-41(44-40)46-2)29-14-7-4-8-15-29/h3-26H,2H2,1H3. The minimum absolute atomic E-state index is 0.620. The lowest BCUT2D eigenvalue weighted by atomic mass is 9.97. The summed E-state index contributed by atoms with van der Waals surface area (Å²) in [4.78, 5) is 14.9. The maximum absolute atomic E-state index is 5.10. The van der Waals surface area contributed by atoms with Crippen LogP contribution < -0.4 is 5.57 Å². The van der Waals surface area contributed by atoms with Crippen LogP contribution in [0.5, 0.6) is 0 Å². The van der Waals surface area contributed by atoms with Crippen molar-refractivity contribution in [3.8, 4) is 50.7 Å². The van der Waals surface area contributed by atoms with E-state index in [2.05, 4.69) is 127 Å². The summed E-state index contributed by atoms with van der Waals surface area (Å²) < 4.78 is 2.34. The van der Waals surface area contributed by atoms with Gasteiger partial charge in [0.1, 0.15) is 0 Å². The first-order valence-corrected chi connectivity index (χ1v) is 16.3. The lowest BCUT2D eigenvalue weighted by Gasteiger charge is -2.16. The average molecular weight is 609 g/mol. The van der Waals surface area contributed by atoms with E-state index in [0.29, 0.717) is 17.2 Å². The Morgan fingerprint density at radius 1 is 0.500 bits per heavy atom. The molecule has 0 aliphatic heterocycles. The van der Waals surface area contributed by atoms with Gasteiger partial charge in [-0.15, -0.1) is 0 Å². The van der Waals surface area contributed by atoms with Gasteiger partial charge in [0.2, 0.25) is 0 Å². The number of benzene rings is 6. The van der Waals surface area contributed by atoms with Crippen molar-refractivity contribution >= 4 is 41.9 Å². The number of hydrogen-bond donors (Lipinski definition) is 0. The highest BCUT2D eigenvalue weighted by Crippen LogP contribution is 2.38. The predicted molar refractivity (Wildman–Crippen MR) is 194 cm³/mol. The average Bonchev–Trinajstić information content (AvgIpc) is 3.45. The Morgan fingerprint density at radius 3 is 1.91 bits per heavy atom. The summed E-state index contributed by atoms with van der Waals surface area (Å²) in [5.74, 6) is 1.26. The van der Waals surface area contributed by atoms with Crippen LogP contribution in [-0.4, -0.2) is 25.8 Å².